The van der Waals surface area contributed by atoms with E-state index in [4.69, 9.17) is 16.0 Å². The Kier molecular flexibility index (Phi) is 5.00. The second kappa shape index (κ2) is 6.31. The first-order valence-electron chi connectivity index (χ1n) is 4.35. The Hall–Kier alpha value is -1.20. The van der Waals surface area contributed by atoms with E-state index < -0.39 is 0 Å². The predicted octanol–water partition coefficient (Wildman–Crippen LogP) is 1.93. The lowest BCUT2D eigenvalue weighted by Crippen LogP contribution is -2.12. The van der Waals surface area contributed by atoms with Gasteiger partial charge in [0.1, 0.15) is 5.71 Å². The standard InChI is InChI=1S/C10H12BrN3O/c11-9-3-1-8(2-4-9)6-15-7-10(5-12)14-13/h1-5,12H,6-7,13H2. The van der Waals surface area contributed by atoms with Crippen molar-refractivity contribution in [2.24, 2.45) is 10.9 Å². The van der Waals surface area contributed by atoms with Gasteiger partial charge in [0.25, 0.3) is 0 Å². The molecule has 0 aromatic heterocycles. The summed E-state index contributed by atoms with van der Waals surface area (Å²) in [6, 6.07) is 7.84. The average Bonchev–Trinajstić information content (AvgIpc) is 2.27. The molecule has 0 saturated heterocycles. The third kappa shape index (κ3) is 4.22. The van der Waals surface area contributed by atoms with Crippen LogP contribution in [0.25, 0.3) is 0 Å². The second-order valence-electron chi connectivity index (χ2n) is 2.88. The molecule has 4 nitrogen and oxygen atoms in total. The molecule has 0 fully saturated rings. The normalized spacial score (nSPS) is 11.4. The molecular weight excluding hydrogens is 258 g/mol. The van der Waals surface area contributed by atoms with Crippen molar-refractivity contribution in [2.45, 2.75) is 6.61 Å². The molecule has 3 N–H and O–H groups in total. The molecule has 5 heteroatoms. The number of nitrogens with two attached hydrogens (primary N) is 1. The molecule has 0 aliphatic rings. The molecule has 0 heterocycles. The van der Waals surface area contributed by atoms with Crippen LogP contribution in [0.15, 0.2) is 33.8 Å². The Bertz CT molecular complexity index is 348. The van der Waals surface area contributed by atoms with E-state index in [-0.39, 0.29) is 6.61 Å². The number of nitrogens with zero attached hydrogens (tertiary/aromatic N) is 1. The van der Waals surface area contributed by atoms with Crippen LogP contribution >= 0.6 is 15.9 Å². The van der Waals surface area contributed by atoms with E-state index in [0.717, 1.165) is 16.3 Å². The highest BCUT2D eigenvalue weighted by atomic mass is 79.9. The van der Waals surface area contributed by atoms with E-state index in [1.807, 2.05) is 24.3 Å². The maximum Gasteiger partial charge on any atom is 0.103 e. The summed E-state index contributed by atoms with van der Waals surface area (Å²) in [5.41, 5.74) is 1.49. The summed E-state index contributed by atoms with van der Waals surface area (Å²) in [6.45, 7) is 0.746. The Morgan fingerprint density at radius 1 is 1.47 bits per heavy atom. The van der Waals surface area contributed by atoms with Gasteiger partial charge in [0.2, 0.25) is 0 Å². The van der Waals surface area contributed by atoms with E-state index in [9.17, 15) is 0 Å². The predicted molar refractivity (Wildman–Crippen MR) is 64.2 cm³/mol. The highest BCUT2D eigenvalue weighted by molar-refractivity contribution is 9.10. The first kappa shape index (κ1) is 11.9. The molecule has 0 radical (unpaired) electrons. The lowest BCUT2D eigenvalue weighted by atomic mass is 10.2. The van der Waals surface area contributed by atoms with Gasteiger partial charge < -0.3 is 16.0 Å². The minimum Gasteiger partial charge on any atom is -0.370 e. The number of benzene rings is 1. The molecule has 0 amide bonds. The Balaban J connectivity index is 2.38. The van der Waals surface area contributed by atoms with Crippen LogP contribution in [0.3, 0.4) is 0 Å². The second-order valence-corrected chi connectivity index (χ2v) is 3.80. The molecule has 0 unspecified atom stereocenters. The third-order valence-corrected chi connectivity index (χ3v) is 2.29. The summed E-state index contributed by atoms with van der Waals surface area (Å²) < 4.78 is 6.36. The molecule has 1 rings (SSSR count). The number of rotatable bonds is 5. The number of halogens is 1. The van der Waals surface area contributed by atoms with Crippen LogP contribution < -0.4 is 5.84 Å². The fraction of sp³-hybridized carbons (Fsp3) is 0.200. The van der Waals surface area contributed by atoms with Crippen molar-refractivity contribution >= 4 is 27.9 Å². The molecule has 0 aliphatic heterocycles. The molecule has 0 spiro atoms. The molecule has 1 aromatic carbocycles. The zero-order valence-corrected chi connectivity index (χ0v) is 9.70. The van der Waals surface area contributed by atoms with Crippen molar-refractivity contribution < 1.29 is 4.74 Å². The van der Waals surface area contributed by atoms with Gasteiger partial charge in [-0.05, 0) is 17.7 Å². The zero-order valence-electron chi connectivity index (χ0n) is 8.11. The van der Waals surface area contributed by atoms with Crippen LogP contribution in [-0.4, -0.2) is 18.5 Å². The SMILES string of the molecule is N=CC(COCc1ccc(Br)cc1)=NN. The summed E-state index contributed by atoms with van der Waals surface area (Å²) >= 11 is 3.35. The van der Waals surface area contributed by atoms with Crippen LogP contribution in [-0.2, 0) is 11.3 Å². The zero-order chi connectivity index (χ0) is 11.1. The van der Waals surface area contributed by atoms with Gasteiger partial charge in [0.05, 0.1) is 13.2 Å². The van der Waals surface area contributed by atoms with Gasteiger partial charge >= 0.3 is 0 Å². The monoisotopic (exact) mass is 269 g/mol. The number of hydrazone groups is 1. The first-order chi connectivity index (χ1) is 7.26. The van der Waals surface area contributed by atoms with Gasteiger partial charge in [0, 0.05) is 10.7 Å². The fourth-order valence-electron chi connectivity index (χ4n) is 0.970. The summed E-state index contributed by atoms with van der Waals surface area (Å²) in [6.07, 6.45) is 1.08. The Morgan fingerprint density at radius 3 is 2.67 bits per heavy atom. The maximum absolute atomic E-state index is 6.95. The minimum absolute atomic E-state index is 0.260. The van der Waals surface area contributed by atoms with Gasteiger partial charge in [-0.3, -0.25) is 0 Å². The van der Waals surface area contributed by atoms with Gasteiger partial charge in [-0.25, -0.2) is 0 Å². The van der Waals surface area contributed by atoms with Gasteiger partial charge in [-0.15, -0.1) is 0 Å². The van der Waals surface area contributed by atoms with E-state index >= 15 is 0 Å². The van der Waals surface area contributed by atoms with Crippen molar-refractivity contribution in [3.63, 3.8) is 0 Å². The highest BCUT2D eigenvalue weighted by Crippen LogP contribution is 2.10. The Labute approximate surface area is 96.8 Å². The summed E-state index contributed by atoms with van der Waals surface area (Å²) in [5.74, 6) is 5.03. The minimum atomic E-state index is 0.260. The van der Waals surface area contributed by atoms with Gasteiger partial charge in [-0.1, -0.05) is 28.1 Å². The molecule has 80 valence electrons. The molecule has 0 saturated carbocycles. The van der Waals surface area contributed by atoms with Gasteiger partial charge in [-0.2, -0.15) is 5.10 Å². The van der Waals surface area contributed by atoms with Crippen molar-refractivity contribution in [1.82, 2.24) is 0 Å². The van der Waals surface area contributed by atoms with Crippen molar-refractivity contribution in [3.8, 4) is 0 Å². The fourth-order valence-corrected chi connectivity index (χ4v) is 1.23. The molecule has 0 bridgehead atoms. The van der Waals surface area contributed by atoms with Crippen molar-refractivity contribution in [2.75, 3.05) is 6.61 Å². The smallest absolute Gasteiger partial charge is 0.103 e. The largest absolute Gasteiger partial charge is 0.370 e. The van der Waals surface area contributed by atoms with E-state index in [0.29, 0.717) is 12.3 Å². The average molecular weight is 270 g/mol. The first-order valence-corrected chi connectivity index (χ1v) is 5.15. The van der Waals surface area contributed by atoms with Crippen LogP contribution in [0.2, 0.25) is 0 Å². The number of hydrogen-bond donors (Lipinski definition) is 2. The van der Waals surface area contributed by atoms with Crippen LogP contribution in [0, 0.1) is 5.41 Å². The maximum atomic E-state index is 6.95. The topological polar surface area (TPSA) is 71.5 Å². The lowest BCUT2D eigenvalue weighted by Gasteiger charge is -2.03. The van der Waals surface area contributed by atoms with Gasteiger partial charge in [0.15, 0.2) is 0 Å². The van der Waals surface area contributed by atoms with Crippen molar-refractivity contribution in [1.29, 1.82) is 5.41 Å². The summed E-state index contributed by atoms with van der Waals surface area (Å²) in [7, 11) is 0. The molecular formula is C10H12BrN3O. The molecule has 0 atom stereocenters. The van der Waals surface area contributed by atoms with E-state index in [1.165, 1.54) is 0 Å². The van der Waals surface area contributed by atoms with Crippen molar-refractivity contribution in [3.05, 3.63) is 34.3 Å². The van der Waals surface area contributed by atoms with Crippen LogP contribution in [0.1, 0.15) is 5.56 Å². The number of nitrogens with one attached hydrogen (secondary N) is 1. The number of hydrogen-bond acceptors (Lipinski definition) is 4. The summed E-state index contributed by atoms with van der Waals surface area (Å²) in [5, 5.41) is 10.3. The lowest BCUT2D eigenvalue weighted by molar-refractivity contribution is 0.159. The van der Waals surface area contributed by atoms with E-state index in [2.05, 4.69) is 21.0 Å². The van der Waals surface area contributed by atoms with Crippen LogP contribution in [0.5, 0.6) is 0 Å². The number of ether oxygens (including phenoxy) is 1. The van der Waals surface area contributed by atoms with E-state index in [1.54, 1.807) is 0 Å². The molecule has 1 aromatic rings. The van der Waals surface area contributed by atoms with Crippen LogP contribution in [0.4, 0.5) is 0 Å². The quantitative estimate of drug-likeness (QED) is 0.487. The molecule has 0 aliphatic carbocycles. The molecule has 15 heavy (non-hydrogen) atoms. The summed E-state index contributed by atoms with van der Waals surface area (Å²) in [4.78, 5) is 0. The Morgan fingerprint density at radius 2 is 2.13 bits per heavy atom. The highest BCUT2D eigenvalue weighted by Gasteiger charge is 1.96. The third-order valence-electron chi connectivity index (χ3n) is 1.76.